The van der Waals surface area contributed by atoms with Crippen LogP contribution in [0.25, 0.3) is 0 Å². The molecule has 0 aromatic heterocycles. The summed E-state index contributed by atoms with van der Waals surface area (Å²) in [4.78, 5) is 11.3. The normalized spacial score (nSPS) is 11.6. The summed E-state index contributed by atoms with van der Waals surface area (Å²) in [5, 5.41) is 0. The summed E-state index contributed by atoms with van der Waals surface area (Å²) >= 11 is 0. The van der Waals surface area contributed by atoms with Crippen LogP contribution >= 0.6 is 12.4 Å². The third kappa shape index (κ3) is 3.17. The standard InChI is InChI=1S/C10H13NO.ClH/c1-7-3-5-9(6-4-7)10(12)8(2)11;/h3-6,8H,11H2,1-2H3;1H. The summed E-state index contributed by atoms with van der Waals surface area (Å²) in [5.74, 6) is -0.00463. The molecule has 0 aliphatic heterocycles. The summed E-state index contributed by atoms with van der Waals surface area (Å²) in [6, 6.07) is 7.03. The molecule has 0 saturated heterocycles. The Hall–Kier alpha value is -0.860. The number of Topliss-reactive ketones (excluding diaryl/α,β-unsaturated/α-hetero) is 1. The van der Waals surface area contributed by atoms with Crippen LogP contribution in [0.1, 0.15) is 22.8 Å². The lowest BCUT2D eigenvalue weighted by Crippen LogP contribution is -2.26. The van der Waals surface area contributed by atoms with Gasteiger partial charge in [0, 0.05) is 5.56 Å². The molecule has 0 bridgehead atoms. The second-order valence-corrected chi connectivity index (χ2v) is 3.02. The van der Waals surface area contributed by atoms with Gasteiger partial charge in [-0.15, -0.1) is 12.4 Å². The van der Waals surface area contributed by atoms with Crippen molar-refractivity contribution in [1.29, 1.82) is 0 Å². The first-order valence-electron chi connectivity index (χ1n) is 3.97. The molecule has 1 aromatic carbocycles. The molecule has 0 aliphatic carbocycles. The maximum Gasteiger partial charge on any atom is 0.179 e. The van der Waals surface area contributed by atoms with Gasteiger partial charge < -0.3 is 5.73 Å². The first-order chi connectivity index (χ1) is 5.61. The van der Waals surface area contributed by atoms with Gasteiger partial charge in [0.1, 0.15) is 0 Å². The second kappa shape index (κ2) is 5.00. The van der Waals surface area contributed by atoms with E-state index in [2.05, 4.69) is 0 Å². The summed E-state index contributed by atoms with van der Waals surface area (Å²) in [6.45, 7) is 3.68. The predicted molar refractivity (Wildman–Crippen MR) is 56.4 cm³/mol. The largest absolute Gasteiger partial charge is 0.321 e. The molecule has 0 heterocycles. The van der Waals surface area contributed by atoms with E-state index >= 15 is 0 Å². The van der Waals surface area contributed by atoms with E-state index in [0.717, 1.165) is 5.56 Å². The Bertz CT molecular complexity index is 279. The van der Waals surface area contributed by atoms with Crippen molar-refractivity contribution in [1.82, 2.24) is 0 Å². The Morgan fingerprint density at radius 1 is 1.31 bits per heavy atom. The molecule has 72 valence electrons. The van der Waals surface area contributed by atoms with Gasteiger partial charge in [-0.05, 0) is 13.8 Å². The van der Waals surface area contributed by atoms with Crippen molar-refractivity contribution in [3.8, 4) is 0 Å². The van der Waals surface area contributed by atoms with Crippen molar-refractivity contribution >= 4 is 18.2 Å². The van der Waals surface area contributed by atoms with Gasteiger partial charge in [-0.1, -0.05) is 29.8 Å². The van der Waals surface area contributed by atoms with Gasteiger partial charge in [-0.3, -0.25) is 4.79 Å². The fraction of sp³-hybridized carbons (Fsp3) is 0.300. The van der Waals surface area contributed by atoms with Crippen molar-refractivity contribution in [2.24, 2.45) is 5.73 Å². The highest BCUT2D eigenvalue weighted by Crippen LogP contribution is 2.05. The number of aryl methyl sites for hydroxylation is 1. The maximum atomic E-state index is 11.3. The Kier molecular flexibility index (Phi) is 4.67. The van der Waals surface area contributed by atoms with Crippen LogP contribution in [0.15, 0.2) is 24.3 Å². The van der Waals surface area contributed by atoms with Crippen LogP contribution in [0.3, 0.4) is 0 Å². The van der Waals surface area contributed by atoms with E-state index in [1.54, 1.807) is 19.1 Å². The second-order valence-electron chi connectivity index (χ2n) is 3.02. The van der Waals surface area contributed by atoms with Gasteiger partial charge in [0.05, 0.1) is 6.04 Å². The summed E-state index contributed by atoms with van der Waals surface area (Å²) in [7, 11) is 0. The van der Waals surface area contributed by atoms with Crippen LogP contribution < -0.4 is 5.73 Å². The van der Waals surface area contributed by atoms with Crippen molar-refractivity contribution in [3.05, 3.63) is 35.4 Å². The van der Waals surface area contributed by atoms with E-state index in [4.69, 9.17) is 5.73 Å². The first kappa shape index (κ1) is 12.1. The average molecular weight is 200 g/mol. The lowest BCUT2D eigenvalue weighted by atomic mass is 10.0. The molecule has 13 heavy (non-hydrogen) atoms. The van der Waals surface area contributed by atoms with E-state index in [-0.39, 0.29) is 18.2 Å². The van der Waals surface area contributed by atoms with Gasteiger partial charge >= 0.3 is 0 Å². The minimum absolute atomic E-state index is 0. The zero-order chi connectivity index (χ0) is 9.14. The third-order valence-corrected chi connectivity index (χ3v) is 1.75. The minimum Gasteiger partial charge on any atom is -0.321 e. The van der Waals surface area contributed by atoms with E-state index < -0.39 is 6.04 Å². The number of hydrogen-bond donors (Lipinski definition) is 1. The van der Waals surface area contributed by atoms with E-state index in [1.807, 2.05) is 19.1 Å². The molecule has 0 radical (unpaired) electrons. The molecule has 0 amide bonds. The van der Waals surface area contributed by atoms with Crippen LogP contribution in [0, 0.1) is 6.92 Å². The summed E-state index contributed by atoms with van der Waals surface area (Å²) < 4.78 is 0. The molecule has 3 heteroatoms. The van der Waals surface area contributed by atoms with Crippen molar-refractivity contribution in [2.45, 2.75) is 19.9 Å². The number of halogens is 1. The monoisotopic (exact) mass is 199 g/mol. The Morgan fingerprint density at radius 3 is 2.15 bits per heavy atom. The van der Waals surface area contributed by atoms with Crippen LogP contribution in [0.4, 0.5) is 0 Å². The number of hydrogen-bond acceptors (Lipinski definition) is 2. The topological polar surface area (TPSA) is 43.1 Å². The van der Waals surface area contributed by atoms with E-state index in [9.17, 15) is 4.79 Å². The lowest BCUT2D eigenvalue weighted by molar-refractivity contribution is 0.0968. The number of carbonyl (C=O) groups excluding carboxylic acids is 1. The molecule has 0 aliphatic rings. The first-order valence-corrected chi connectivity index (χ1v) is 3.97. The van der Waals surface area contributed by atoms with Crippen LogP contribution in [0.2, 0.25) is 0 Å². The number of ketones is 1. The summed E-state index contributed by atoms with van der Waals surface area (Å²) in [5.41, 5.74) is 7.30. The third-order valence-electron chi connectivity index (χ3n) is 1.75. The lowest BCUT2D eigenvalue weighted by Gasteiger charge is -2.03. The van der Waals surface area contributed by atoms with Gasteiger partial charge in [0.25, 0.3) is 0 Å². The minimum atomic E-state index is -0.410. The van der Waals surface area contributed by atoms with E-state index in [1.165, 1.54) is 0 Å². The number of benzene rings is 1. The fourth-order valence-corrected chi connectivity index (χ4v) is 0.981. The number of carbonyl (C=O) groups is 1. The Labute approximate surface area is 84.5 Å². The highest BCUT2D eigenvalue weighted by atomic mass is 35.5. The molecule has 0 saturated carbocycles. The Morgan fingerprint density at radius 2 is 1.77 bits per heavy atom. The quantitative estimate of drug-likeness (QED) is 0.740. The van der Waals surface area contributed by atoms with E-state index in [0.29, 0.717) is 5.56 Å². The highest BCUT2D eigenvalue weighted by Gasteiger charge is 2.09. The molecule has 2 N–H and O–H groups in total. The van der Waals surface area contributed by atoms with Crippen LogP contribution in [-0.4, -0.2) is 11.8 Å². The fourth-order valence-electron chi connectivity index (χ4n) is 0.981. The molecule has 1 atom stereocenters. The van der Waals surface area contributed by atoms with Crippen molar-refractivity contribution in [3.63, 3.8) is 0 Å². The molecule has 0 spiro atoms. The highest BCUT2D eigenvalue weighted by molar-refractivity contribution is 5.99. The van der Waals surface area contributed by atoms with Gasteiger partial charge in [0.15, 0.2) is 5.78 Å². The molecule has 1 unspecified atom stereocenters. The molecule has 1 rings (SSSR count). The smallest absolute Gasteiger partial charge is 0.179 e. The molecule has 1 aromatic rings. The maximum absolute atomic E-state index is 11.3. The van der Waals surface area contributed by atoms with Gasteiger partial charge in [-0.25, -0.2) is 0 Å². The zero-order valence-electron chi connectivity index (χ0n) is 7.78. The van der Waals surface area contributed by atoms with Crippen LogP contribution in [0.5, 0.6) is 0 Å². The van der Waals surface area contributed by atoms with Gasteiger partial charge in [0.2, 0.25) is 0 Å². The van der Waals surface area contributed by atoms with Crippen molar-refractivity contribution in [2.75, 3.05) is 0 Å². The van der Waals surface area contributed by atoms with Gasteiger partial charge in [-0.2, -0.15) is 0 Å². The number of rotatable bonds is 2. The average Bonchev–Trinajstić information content (AvgIpc) is 2.04. The van der Waals surface area contributed by atoms with Crippen molar-refractivity contribution < 1.29 is 4.79 Å². The molecule has 2 nitrogen and oxygen atoms in total. The predicted octanol–water partition coefficient (Wildman–Crippen LogP) is 1.95. The SMILES string of the molecule is Cc1ccc(C(=O)C(C)N)cc1.Cl. The summed E-state index contributed by atoms with van der Waals surface area (Å²) in [6.07, 6.45) is 0. The Balaban J connectivity index is 0.00000144. The molecular weight excluding hydrogens is 186 g/mol. The molecule has 0 fully saturated rings. The zero-order valence-corrected chi connectivity index (χ0v) is 8.60. The van der Waals surface area contributed by atoms with Crippen LogP contribution in [-0.2, 0) is 0 Å². The number of nitrogens with two attached hydrogens (primary N) is 1. The molecular formula is C10H14ClNO.